The van der Waals surface area contributed by atoms with E-state index in [1.54, 1.807) is 18.4 Å². The summed E-state index contributed by atoms with van der Waals surface area (Å²) in [4.78, 5) is 7.19. The summed E-state index contributed by atoms with van der Waals surface area (Å²) in [5.74, 6) is 2.18. The van der Waals surface area contributed by atoms with Crippen molar-refractivity contribution in [2.24, 2.45) is 4.99 Å². The van der Waals surface area contributed by atoms with Crippen LogP contribution in [0.5, 0.6) is 11.5 Å². The molecule has 0 bridgehead atoms. The molecule has 0 saturated heterocycles. The molecule has 5 nitrogen and oxygen atoms in total. The second kappa shape index (κ2) is 11.2. The topological polar surface area (TPSA) is 54.9 Å². The van der Waals surface area contributed by atoms with Gasteiger partial charge in [0.15, 0.2) is 17.5 Å². The quantitative estimate of drug-likeness (QED) is 0.348. The summed E-state index contributed by atoms with van der Waals surface area (Å²) in [5.41, 5.74) is 0.904. The third-order valence-corrected chi connectivity index (χ3v) is 4.24. The number of benzene rings is 1. The van der Waals surface area contributed by atoms with E-state index in [-0.39, 0.29) is 24.0 Å². The van der Waals surface area contributed by atoms with Crippen molar-refractivity contribution in [3.8, 4) is 11.5 Å². The van der Waals surface area contributed by atoms with Crippen molar-refractivity contribution >= 4 is 47.0 Å². The predicted molar refractivity (Wildman–Crippen MR) is 117 cm³/mol. The van der Waals surface area contributed by atoms with Crippen LogP contribution < -0.4 is 20.1 Å². The summed E-state index contributed by atoms with van der Waals surface area (Å²) in [6, 6.07) is 9.99. The lowest BCUT2D eigenvalue weighted by Gasteiger charge is -2.14. The van der Waals surface area contributed by atoms with Crippen LogP contribution >= 0.6 is 35.3 Å². The third-order valence-electron chi connectivity index (χ3n) is 3.26. The molecule has 0 aliphatic rings. The monoisotopic (exact) mass is 475 g/mol. The number of ether oxygens (including phenoxy) is 2. The van der Waals surface area contributed by atoms with Gasteiger partial charge in [-0.15, -0.1) is 35.3 Å². The van der Waals surface area contributed by atoms with Crippen LogP contribution in [0.4, 0.5) is 5.69 Å². The largest absolute Gasteiger partial charge is 0.493 e. The van der Waals surface area contributed by atoms with Crippen LogP contribution in [0.3, 0.4) is 0 Å². The first-order chi connectivity index (χ1) is 11.7. The van der Waals surface area contributed by atoms with Crippen molar-refractivity contribution in [2.75, 3.05) is 25.6 Å². The summed E-state index contributed by atoms with van der Waals surface area (Å²) in [6.07, 6.45) is 0. The van der Waals surface area contributed by atoms with Gasteiger partial charge in [-0.05, 0) is 45.0 Å². The van der Waals surface area contributed by atoms with E-state index in [2.05, 4.69) is 34.7 Å². The molecule has 7 heteroatoms. The Morgan fingerprint density at radius 2 is 1.96 bits per heavy atom. The minimum atomic E-state index is 0. The second-order valence-electron chi connectivity index (χ2n) is 5.13. The molecule has 0 unspecified atom stereocenters. The van der Waals surface area contributed by atoms with Gasteiger partial charge in [-0.1, -0.05) is 0 Å². The average Bonchev–Trinajstić information content (AvgIpc) is 2.99. The van der Waals surface area contributed by atoms with Crippen molar-refractivity contribution in [1.29, 1.82) is 0 Å². The van der Waals surface area contributed by atoms with E-state index in [1.807, 2.05) is 32.0 Å². The summed E-state index contributed by atoms with van der Waals surface area (Å²) >= 11 is 1.77. The molecule has 0 fully saturated rings. The van der Waals surface area contributed by atoms with E-state index >= 15 is 0 Å². The molecular weight excluding hydrogens is 449 g/mol. The molecular formula is C18H26IN3O2S. The lowest BCUT2D eigenvalue weighted by Crippen LogP contribution is -2.30. The molecule has 2 aromatic rings. The van der Waals surface area contributed by atoms with Crippen LogP contribution in [-0.2, 0) is 6.54 Å². The van der Waals surface area contributed by atoms with Crippen molar-refractivity contribution < 1.29 is 9.47 Å². The maximum atomic E-state index is 5.62. The van der Waals surface area contributed by atoms with Gasteiger partial charge in [0.25, 0.3) is 0 Å². The summed E-state index contributed by atoms with van der Waals surface area (Å²) in [7, 11) is 1.64. The van der Waals surface area contributed by atoms with Gasteiger partial charge in [-0.3, -0.25) is 0 Å². The Kier molecular flexibility index (Phi) is 9.66. The molecule has 0 saturated carbocycles. The number of nitrogens with zero attached hydrogens (tertiary/aromatic N) is 1. The van der Waals surface area contributed by atoms with Gasteiger partial charge in [-0.2, -0.15) is 0 Å². The number of hydrogen-bond donors (Lipinski definition) is 2. The molecule has 0 amide bonds. The van der Waals surface area contributed by atoms with Crippen LogP contribution in [0.1, 0.15) is 23.6 Å². The fourth-order valence-electron chi connectivity index (χ4n) is 2.19. The lowest BCUT2D eigenvalue weighted by atomic mass is 10.2. The Labute approximate surface area is 170 Å². The van der Waals surface area contributed by atoms with E-state index in [0.717, 1.165) is 29.7 Å². The molecule has 0 spiro atoms. The standard InChI is InChI=1S/C18H25N3O2S.HI/c1-5-19-18(20-12-15-9-7-13(3)24-15)21-14-8-10-16(22-4)17(11-14)23-6-2;/h7-11H,5-6,12H2,1-4H3,(H2,19,20,21);1H. The minimum absolute atomic E-state index is 0. The Bertz CT molecular complexity index is 689. The van der Waals surface area contributed by atoms with E-state index in [1.165, 1.54) is 9.75 Å². The number of anilines is 1. The zero-order valence-corrected chi connectivity index (χ0v) is 18.2. The summed E-state index contributed by atoms with van der Waals surface area (Å²) < 4.78 is 10.9. The minimum Gasteiger partial charge on any atom is -0.493 e. The van der Waals surface area contributed by atoms with Crippen LogP contribution in [0.2, 0.25) is 0 Å². The third kappa shape index (κ3) is 6.74. The SMILES string of the molecule is CCNC(=NCc1ccc(C)s1)Nc1ccc(OC)c(OCC)c1.I. The van der Waals surface area contributed by atoms with Crippen molar-refractivity contribution in [3.63, 3.8) is 0 Å². The number of nitrogens with one attached hydrogen (secondary N) is 2. The van der Waals surface area contributed by atoms with E-state index < -0.39 is 0 Å². The number of aliphatic imine (C=N–C) groups is 1. The number of aryl methyl sites for hydroxylation is 1. The van der Waals surface area contributed by atoms with E-state index in [9.17, 15) is 0 Å². The van der Waals surface area contributed by atoms with Crippen LogP contribution in [0, 0.1) is 6.92 Å². The smallest absolute Gasteiger partial charge is 0.196 e. The molecule has 1 heterocycles. The van der Waals surface area contributed by atoms with Crippen LogP contribution in [-0.4, -0.2) is 26.2 Å². The van der Waals surface area contributed by atoms with Crippen molar-refractivity contribution in [2.45, 2.75) is 27.3 Å². The average molecular weight is 475 g/mol. The Morgan fingerprint density at radius 3 is 2.56 bits per heavy atom. The number of thiophene rings is 1. The summed E-state index contributed by atoms with van der Waals surface area (Å²) in [6.45, 7) is 8.14. The predicted octanol–water partition coefficient (Wildman–Crippen LogP) is 4.66. The Morgan fingerprint density at radius 1 is 1.16 bits per heavy atom. The number of halogens is 1. The molecule has 0 aliphatic heterocycles. The van der Waals surface area contributed by atoms with Gasteiger partial charge < -0.3 is 20.1 Å². The lowest BCUT2D eigenvalue weighted by molar-refractivity contribution is 0.311. The van der Waals surface area contributed by atoms with Gasteiger partial charge in [0.2, 0.25) is 0 Å². The number of hydrogen-bond acceptors (Lipinski definition) is 4. The van der Waals surface area contributed by atoms with E-state index in [0.29, 0.717) is 13.2 Å². The zero-order valence-electron chi connectivity index (χ0n) is 15.1. The highest BCUT2D eigenvalue weighted by Gasteiger charge is 2.07. The number of rotatable bonds is 7. The molecule has 0 aliphatic carbocycles. The maximum Gasteiger partial charge on any atom is 0.196 e. The van der Waals surface area contributed by atoms with Gasteiger partial charge in [0, 0.05) is 28.1 Å². The normalized spacial score (nSPS) is 10.8. The first kappa shape index (κ1) is 21.6. The van der Waals surface area contributed by atoms with Crippen LogP contribution in [0.15, 0.2) is 35.3 Å². The molecule has 0 atom stereocenters. The molecule has 1 aromatic carbocycles. The molecule has 2 N–H and O–H groups in total. The highest BCUT2D eigenvalue weighted by Crippen LogP contribution is 2.30. The van der Waals surface area contributed by atoms with Gasteiger partial charge in [-0.25, -0.2) is 4.99 Å². The Hall–Kier alpha value is -1.48. The van der Waals surface area contributed by atoms with E-state index in [4.69, 9.17) is 9.47 Å². The fourth-order valence-corrected chi connectivity index (χ4v) is 3.01. The highest BCUT2D eigenvalue weighted by atomic mass is 127. The molecule has 138 valence electrons. The van der Waals surface area contributed by atoms with Gasteiger partial charge in [0.05, 0.1) is 20.3 Å². The van der Waals surface area contributed by atoms with Crippen molar-refractivity contribution in [1.82, 2.24) is 5.32 Å². The van der Waals surface area contributed by atoms with Crippen molar-refractivity contribution in [3.05, 3.63) is 40.1 Å². The molecule has 1 aromatic heterocycles. The number of guanidine groups is 1. The van der Waals surface area contributed by atoms with Gasteiger partial charge >= 0.3 is 0 Å². The zero-order chi connectivity index (χ0) is 17.4. The first-order valence-corrected chi connectivity index (χ1v) is 8.89. The fraction of sp³-hybridized carbons (Fsp3) is 0.389. The molecule has 0 radical (unpaired) electrons. The second-order valence-corrected chi connectivity index (χ2v) is 6.50. The van der Waals surface area contributed by atoms with Crippen LogP contribution in [0.25, 0.3) is 0 Å². The highest BCUT2D eigenvalue weighted by molar-refractivity contribution is 14.0. The Balaban J connectivity index is 0.00000312. The molecule has 25 heavy (non-hydrogen) atoms. The summed E-state index contributed by atoms with van der Waals surface area (Å²) in [5, 5.41) is 6.57. The first-order valence-electron chi connectivity index (χ1n) is 8.07. The molecule has 2 rings (SSSR count). The number of methoxy groups -OCH3 is 1. The van der Waals surface area contributed by atoms with Gasteiger partial charge in [0.1, 0.15) is 0 Å². The maximum absolute atomic E-state index is 5.62.